The number of benzene rings is 3. The summed E-state index contributed by atoms with van der Waals surface area (Å²) in [5.74, 6) is 0.756. The third-order valence-corrected chi connectivity index (χ3v) is 6.03. The number of hydrogen-bond acceptors (Lipinski definition) is 4. The molecule has 4 nitrogen and oxygen atoms in total. The minimum Gasteiger partial charge on any atom is -0.488 e. The molecule has 0 aromatic heterocycles. The zero-order valence-corrected chi connectivity index (χ0v) is 18.2. The Hall–Kier alpha value is -3.20. The van der Waals surface area contributed by atoms with Crippen molar-refractivity contribution in [1.29, 1.82) is 5.26 Å². The molecule has 0 atom stereocenters. The molecule has 0 unspecified atom stereocenters. The van der Waals surface area contributed by atoms with Crippen LogP contribution in [0.2, 0.25) is 0 Å². The largest absolute Gasteiger partial charge is 0.488 e. The summed E-state index contributed by atoms with van der Waals surface area (Å²) >= 11 is 5.85. The quantitative estimate of drug-likeness (QED) is 0.537. The Morgan fingerprint density at radius 2 is 1.55 bits per heavy atom. The lowest BCUT2D eigenvalue weighted by molar-refractivity contribution is 0.177. The monoisotopic (exact) mass is 427 g/mol. The fourth-order valence-corrected chi connectivity index (χ4v) is 4.15. The summed E-state index contributed by atoms with van der Waals surface area (Å²) in [5.41, 5.74) is 3.79. The summed E-state index contributed by atoms with van der Waals surface area (Å²) in [6.07, 6.45) is 0. The zero-order chi connectivity index (χ0) is 21.5. The molecule has 5 heteroatoms. The van der Waals surface area contributed by atoms with E-state index in [2.05, 4.69) is 46.2 Å². The zero-order valence-electron chi connectivity index (χ0n) is 17.4. The van der Waals surface area contributed by atoms with E-state index >= 15 is 0 Å². The normalized spacial score (nSPS) is 14.1. The van der Waals surface area contributed by atoms with E-state index in [9.17, 15) is 5.26 Å². The van der Waals surface area contributed by atoms with Crippen LogP contribution in [0.25, 0.3) is 0 Å². The van der Waals surface area contributed by atoms with Gasteiger partial charge >= 0.3 is 0 Å². The number of hydrogen-bond donors (Lipinski definition) is 0. The maximum Gasteiger partial charge on any atom is 0.130 e. The van der Waals surface area contributed by atoms with E-state index in [4.69, 9.17) is 17.0 Å². The highest BCUT2D eigenvalue weighted by atomic mass is 32.1. The molecule has 0 N–H and O–H groups in total. The predicted molar refractivity (Wildman–Crippen MR) is 127 cm³/mol. The molecular weight excluding hydrogens is 402 g/mol. The minimum absolute atomic E-state index is 0.341. The van der Waals surface area contributed by atoms with Gasteiger partial charge in [-0.2, -0.15) is 5.26 Å². The van der Waals surface area contributed by atoms with Gasteiger partial charge in [0, 0.05) is 38.3 Å². The second-order valence-electron chi connectivity index (χ2n) is 7.61. The van der Waals surface area contributed by atoms with Gasteiger partial charge in [-0.05, 0) is 23.8 Å². The van der Waals surface area contributed by atoms with Crippen LogP contribution in [-0.2, 0) is 13.2 Å². The maximum atomic E-state index is 9.31. The second-order valence-corrected chi connectivity index (χ2v) is 7.99. The summed E-state index contributed by atoms with van der Waals surface area (Å²) in [6.45, 7) is 5.07. The van der Waals surface area contributed by atoms with Crippen molar-refractivity contribution in [3.8, 4) is 11.8 Å². The predicted octanol–water partition coefficient (Wildman–Crippen LogP) is 4.63. The highest BCUT2D eigenvalue weighted by Gasteiger charge is 2.21. The van der Waals surface area contributed by atoms with Crippen molar-refractivity contribution >= 4 is 17.2 Å². The maximum absolute atomic E-state index is 9.31. The van der Waals surface area contributed by atoms with Gasteiger partial charge in [0.1, 0.15) is 17.3 Å². The molecule has 1 saturated heterocycles. The molecule has 1 aliphatic heterocycles. The molecule has 1 aliphatic rings. The molecule has 0 amide bonds. The fraction of sp³-hybridized carbons (Fsp3) is 0.231. The van der Waals surface area contributed by atoms with Crippen LogP contribution in [0, 0.1) is 11.3 Å². The van der Waals surface area contributed by atoms with Gasteiger partial charge in [0.05, 0.1) is 17.2 Å². The van der Waals surface area contributed by atoms with Gasteiger partial charge in [-0.15, -0.1) is 0 Å². The van der Waals surface area contributed by atoms with Crippen LogP contribution in [0.4, 0.5) is 0 Å². The van der Waals surface area contributed by atoms with Crippen LogP contribution >= 0.6 is 12.2 Å². The first-order valence-electron chi connectivity index (χ1n) is 10.5. The fourth-order valence-electron chi connectivity index (χ4n) is 3.80. The summed E-state index contributed by atoms with van der Waals surface area (Å²) < 4.78 is 6.10. The molecule has 0 aliphatic carbocycles. The molecule has 0 radical (unpaired) electrons. The van der Waals surface area contributed by atoms with E-state index in [0.29, 0.717) is 12.2 Å². The van der Waals surface area contributed by atoms with E-state index < -0.39 is 0 Å². The first-order valence-corrected chi connectivity index (χ1v) is 10.9. The third-order valence-electron chi connectivity index (χ3n) is 5.55. The van der Waals surface area contributed by atoms with Gasteiger partial charge < -0.3 is 9.64 Å². The van der Waals surface area contributed by atoms with Gasteiger partial charge in [0.15, 0.2) is 0 Å². The Labute approximate surface area is 189 Å². The third kappa shape index (κ3) is 5.29. The first-order chi connectivity index (χ1) is 15.2. The number of rotatable bonds is 6. The smallest absolute Gasteiger partial charge is 0.130 e. The number of nitriles is 1. The van der Waals surface area contributed by atoms with Crippen LogP contribution in [-0.4, -0.2) is 41.0 Å². The van der Waals surface area contributed by atoms with E-state index in [1.807, 2.05) is 48.5 Å². The van der Waals surface area contributed by atoms with Crippen molar-refractivity contribution in [1.82, 2.24) is 9.80 Å². The van der Waals surface area contributed by atoms with Gasteiger partial charge in [0.25, 0.3) is 0 Å². The number of nitrogens with zero attached hydrogens (tertiary/aromatic N) is 3. The van der Waals surface area contributed by atoms with Gasteiger partial charge in [-0.25, -0.2) is 0 Å². The first kappa shape index (κ1) is 21.0. The van der Waals surface area contributed by atoms with Crippen LogP contribution < -0.4 is 4.74 Å². The van der Waals surface area contributed by atoms with E-state index in [1.165, 1.54) is 5.56 Å². The molecule has 31 heavy (non-hydrogen) atoms. The Bertz CT molecular complexity index is 1070. The Balaban J connectivity index is 1.39. The highest BCUT2D eigenvalue weighted by molar-refractivity contribution is 7.80. The van der Waals surface area contributed by atoms with Gasteiger partial charge in [0.2, 0.25) is 0 Å². The van der Waals surface area contributed by atoms with Gasteiger partial charge in [-0.3, -0.25) is 4.90 Å². The molecule has 0 spiro atoms. The standard InChI is InChI=1S/C26H25N3OS/c27-18-22-10-4-5-11-23(22)20-30-25-13-7-6-12-24(25)26(31)29-16-14-28(15-17-29)19-21-8-2-1-3-9-21/h1-13H,14-17,19-20H2. The molecule has 0 saturated carbocycles. The molecule has 0 bridgehead atoms. The van der Waals surface area contributed by atoms with Crippen molar-refractivity contribution in [2.45, 2.75) is 13.2 Å². The average Bonchev–Trinajstić information content (AvgIpc) is 2.84. The number of thiocarbonyl (C=S) groups is 1. The Morgan fingerprint density at radius 3 is 2.32 bits per heavy atom. The number of para-hydroxylation sites is 1. The van der Waals surface area contributed by atoms with Crippen molar-refractivity contribution in [2.75, 3.05) is 26.2 Å². The summed E-state index contributed by atoms with van der Waals surface area (Å²) in [6, 6.07) is 28.2. The SMILES string of the molecule is N#Cc1ccccc1COc1ccccc1C(=S)N1CCN(Cc2ccccc2)CC1. The highest BCUT2D eigenvalue weighted by Crippen LogP contribution is 2.23. The van der Waals surface area contributed by atoms with Crippen LogP contribution in [0.1, 0.15) is 22.3 Å². The van der Waals surface area contributed by atoms with E-state index in [0.717, 1.165) is 54.6 Å². The molecule has 4 rings (SSSR count). The van der Waals surface area contributed by atoms with E-state index in [1.54, 1.807) is 0 Å². The van der Waals surface area contributed by atoms with Crippen LogP contribution in [0.3, 0.4) is 0 Å². The Kier molecular flexibility index (Phi) is 6.93. The van der Waals surface area contributed by atoms with E-state index in [-0.39, 0.29) is 0 Å². The second kappa shape index (κ2) is 10.2. The molecule has 1 heterocycles. The van der Waals surface area contributed by atoms with Crippen molar-refractivity contribution in [3.05, 3.63) is 101 Å². The lowest BCUT2D eigenvalue weighted by atomic mass is 10.1. The lowest BCUT2D eigenvalue weighted by Crippen LogP contribution is -2.48. The van der Waals surface area contributed by atoms with Crippen molar-refractivity contribution < 1.29 is 4.74 Å². The molecule has 3 aromatic carbocycles. The number of ether oxygens (including phenoxy) is 1. The number of piperazine rings is 1. The van der Waals surface area contributed by atoms with Crippen LogP contribution in [0.15, 0.2) is 78.9 Å². The Morgan fingerprint density at radius 1 is 0.871 bits per heavy atom. The minimum atomic E-state index is 0.341. The lowest BCUT2D eigenvalue weighted by Gasteiger charge is -2.36. The van der Waals surface area contributed by atoms with Crippen molar-refractivity contribution in [2.24, 2.45) is 0 Å². The molecule has 156 valence electrons. The topological polar surface area (TPSA) is 39.5 Å². The van der Waals surface area contributed by atoms with Crippen molar-refractivity contribution in [3.63, 3.8) is 0 Å². The van der Waals surface area contributed by atoms with Crippen LogP contribution in [0.5, 0.6) is 5.75 Å². The van der Waals surface area contributed by atoms with Gasteiger partial charge in [-0.1, -0.05) is 72.9 Å². The molecule has 1 fully saturated rings. The molecule has 3 aromatic rings. The summed E-state index contributed by atoms with van der Waals surface area (Å²) in [5, 5.41) is 9.31. The summed E-state index contributed by atoms with van der Waals surface area (Å²) in [4.78, 5) is 5.56. The molecular formula is C26H25N3OS. The average molecular weight is 428 g/mol. The summed E-state index contributed by atoms with van der Waals surface area (Å²) in [7, 11) is 0.